The summed E-state index contributed by atoms with van der Waals surface area (Å²) in [7, 11) is 0. The van der Waals surface area contributed by atoms with Crippen molar-refractivity contribution in [1.29, 1.82) is 0 Å². The van der Waals surface area contributed by atoms with Crippen LogP contribution in [0.2, 0.25) is 0 Å². The van der Waals surface area contributed by atoms with E-state index in [-0.39, 0.29) is 11.5 Å². The van der Waals surface area contributed by atoms with E-state index in [1.54, 1.807) is 0 Å². The highest BCUT2D eigenvalue weighted by atomic mass is 16.7. The van der Waals surface area contributed by atoms with Crippen LogP contribution in [-0.2, 0) is 13.0 Å². The Morgan fingerprint density at radius 1 is 1.14 bits per heavy atom. The molecule has 5 rings (SSSR count). The zero-order chi connectivity index (χ0) is 20.0. The van der Waals surface area contributed by atoms with Gasteiger partial charge in [0.1, 0.15) is 0 Å². The number of fused-ring (bicyclic) bond motifs is 2. The van der Waals surface area contributed by atoms with E-state index in [0.29, 0.717) is 6.79 Å². The smallest absolute Gasteiger partial charge is 0.231 e. The first kappa shape index (κ1) is 18.3. The lowest BCUT2D eigenvalue weighted by Crippen LogP contribution is -2.33. The molecule has 0 saturated heterocycles. The number of ether oxygens (including phenoxy) is 2. The van der Waals surface area contributed by atoms with Gasteiger partial charge in [-0.2, -0.15) is 5.10 Å². The van der Waals surface area contributed by atoms with Crippen molar-refractivity contribution < 1.29 is 9.47 Å². The van der Waals surface area contributed by atoms with Crippen molar-refractivity contribution in [2.45, 2.75) is 46.2 Å². The number of aromatic nitrogens is 2. The fourth-order valence-electron chi connectivity index (χ4n) is 4.60. The number of hydrogen-bond acceptors (Lipinski definition) is 4. The van der Waals surface area contributed by atoms with E-state index >= 15 is 0 Å². The molecule has 1 aromatic heterocycles. The molecule has 2 aliphatic rings. The molecule has 0 bridgehead atoms. The van der Waals surface area contributed by atoms with Crippen LogP contribution in [0.4, 0.5) is 0 Å². The Bertz CT molecular complexity index is 1050. The van der Waals surface area contributed by atoms with Crippen molar-refractivity contribution in [1.82, 2.24) is 15.1 Å². The van der Waals surface area contributed by atoms with Crippen LogP contribution in [0.3, 0.4) is 0 Å². The number of benzene rings is 2. The van der Waals surface area contributed by atoms with Gasteiger partial charge in [0.05, 0.1) is 11.9 Å². The summed E-state index contributed by atoms with van der Waals surface area (Å²) < 4.78 is 13.3. The maximum atomic E-state index is 5.68. The third-order valence-corrected chi connectivity index (χ3v) is 6.04. The van der Waals surface area contributed by atoms with E-state index in [4.69, 9.17) is 14.6 Å². The van der Waals surface area contributed by atoms with Gasteiger partial charge in [-0.15, -0.1) is 0 Å². The van der Waals surface area contributed by atoms with E-state index in [2.05, 4.69) is 61.1 Å². The van der Waals surface area contributed by atoms with Crippen molar-refractivity contribution in [2.75, 3.05) is 6.79 Å². The van der Waals surface area contributed by atoms with Crippen molar-refractivity contribution in [3.8, 4) is 17.2 Å². The van der Waals surface area contributed by atoms with Gasteiger partial charge < -0.3 is 14.8 Å². The quantitative estimate of drug-likeness (QED) is 0.702. The predicted molar refractivity (Wildman–Crippen MR) is 113 cm³/mol. The van der Waals surface area contributed by atoms with Crippen LogP contribution in [0.1, 0.15) is 48.7 Å². The van der Waals surface area contributed by atoms with Gasteiger partial charge in [-0.1, -0.05) is 44.2 Å². The average molecular weight is 389 g/mol. The molecule has 0 fully saturated rings. The fraction of sp³-hybridized carbons (Fsp3) is 0.375. The number of para-hydroxylation sites is 2. The van der Waals surface area contributed by atoms with Crippen LogP contribution in [0.5, 0.6) is 11.5 Å². The molecule has 3 aromatic rings. The summed E-state index contributed by atoms with van der Waals surface area (Å²) in [6, 6.07) is 14.8. The minimum atomic E-state index is 0.198. The fourth-order valence-corrected chi connectivity index (χ4v) is 4.60. The molecule has 1 aliphatic carbocycles. The Morgan fingerprint density at radius 2 is 2.00 bits per heavy atom. The first-order valence-corrected chi connectivity index (χ1v) is 10.3. The molecule has 2 aromatic carbocycles. The molecule has 5 nitrogen and oxygen atoms in total. The van der Waals surface area contributed by atoms with E-state index in [9.17, 15) is 0 Å². The van der Waals surface area contributed by atoms with Gasteiger partial charge in [-0.05, 0) is 42.9 Å². The highest BCUT2D eigenvalue weighted by Gasteiger charge is 2.35. The second-order valence-corrected chi connectivity index (χ2v) is 8.87. The molecule has 150 valence electrons. The minimum absolute atomic E-state index is 0.198. The summed E-state index contributed by atoms with van der Waals surface area (Å²) in [4.78, 5) is 0. The molecule has 1 N–H and O–H groups in total. The van der Waals surface area contributed by atoms with Gasteiger partial charge in [0.2, 0.25) is 6.79 Å². The Balaban J connectivity index is 1.46. The van der Waals surface area contributed by atoms with E-state index < -0.39 is 0 Å². The molecule has 2 heterocycles. The second kappa shape index (κ2) is 6.92. The Morgan fingerprint density at radius 3 is 2.86 bits per heavy atom. The summed E-state index contributed by atoms with van der Waals surface area (Å²) in [5.74, 6) is 1.70. The van der Waals surface area contributed by atoms with Crippen molar-refractivity contribution >= 4 is 0 Å². The molecule has 0 amide bonds. The monoisotopic (exact) mass is 389 g/mol. The highest BCUT2D eigenvalue weighted by molar-refractivity contribution is 5.48. The second-order valence-electron chi connectivity index (χ2n) is 8.87. The van der Waals surface area contributed by atoms with Gasteiger partial charge in [0, 0.05) is 29.4 Å². The van der Waals surface area contributed by atoms with E-state index in [1.165, 1.54) is 16.8 Å². The number of aryl methyl sites for hydroxylation is 1. The third kappa shape index (κ3) is 3.29. The number of nitrogens with one attached hydrogen (secondary N) is 1. The van der Waals surface area contributed by atoms with Gasteiger partial charge in [-0.3, -0.25) is 0 Å². The van der Waals surface area contributed by atoms with Gasteiger partial charge in [-0.25, -0.2) is 4.68 Å². The topological polar surface area (TPSA) is 48.3 Å². The molecule has 0 radical (unpaired) electrons. The van der Waals surface area contributed by atoms with Crippen LogP contribution in [0.15, 0.2) is 48.7 Å². The third-order valence-electron chi connectivity index (χ3n) is 6.04. The maximum Gasteiger partial charge on any atom is 0.231 e. The maximum absolute atomic E-state index is 5.68. The lowest BCUT2D eigenvalue weighted by atomic mass is 9.74. The lowest BCUT2D eigenvalue weighted by molar-refractivity contribution is 0.173. The molecule has 1 atom stereocenters. The van der Waals surface area contributed by atoms with Crippen molar-refractivity contribution in [2.24, 2.45) is 5.41 Å². The van der Waals surface area contributed by atoms with Crippen molar-refractivity contribution in [3.63, 3.8) is 0 Å². The summed E-state index contributed by atoms with van der Waals surface area (Å²) in [5.41, 5.74) is 6.35. The van der Waals surface area contributed by atoms with Crippen LogP contribution in [0, 0.1) is 12.3 Å². The van der Waals surface area contributed by atoms with Crippen molar-refractivity contribution in [3.05, 3.63) is 71.0 Å². The average Bonchev–Trinajstić information content (AvgIpc) is 3.33. The summed E-state index contributed by atoms with van der Waals surface area (Å²) in [6.45, 7) is 7.87. The van der Waals surface area contributed by atoms with Gasteiger partial charge in [0.25, 0.3) is 0 Å². The van der Waals surface area contributed by atoms with E-state index in [0.717, 1.165) is 42.1 Å². The van der Waals surface area contributed by atoms with Gasteiger partial charge >= 0.3 is 0 Å². The Labute approximate surface area is 171 Å². The van der Waals surface area contributed by atoms with Gasteiger partial charge in [0.15, 0.2) is 11.5 Å². The first-order chi connectivity index (χ1) is 14.0. The molecule has 5 heteroatoms. The molecule has 1 aliphatic heterocycles. The zero-order valence-corrected chi connectivity index (χ0v) is 17.2. The van der Waals surface area contributed by atoms with Crippen LogP contribution >= 0.6 is 0 Å². The standard InChI is InChI=1S/C24H27N3O2/c1-16-7-4-5-9-20(16)27-21-12-24(2,3)11-19(18(21)14-26-27)25-13-17-8-6-10-22-23(17)29-15-28-22/h4-10,14,19,25H,11-13,15H2,1-3H3/t19-/m1/s1. The molecule has 0 spiro atoms. The minimum Gasteiger partial charge on any atom is -0.454 e. The number of rotatable bonds is 4. The first-order valence-electron chi connectivity index (χ1n) is 10.3. The van der Waals surface area contributed by atoms with Crippen LogP contribution in [-0.4, -0.2) is 16.6 Å². The highest BCUT2D eigenvalue weighted by Crippen LogP contribution is 2.42. The molecule has 0 unspecified atom stereocenters. The number of hydrogen-bond donors (Lipinski definition) is 1. The lowest BCUT2D eigenvalue weighted by Gasteiger charge is -2.36. The Kier molecular flexibility index (Phi) is 4.36. The SMILES string of the molecule is Cc1ccccc1-n1ncc2c1CC(C)(C)C[C@H]2NCc1cccc2c1OCO2. The molecule has 0 saturated carbocycles. The normalized spacial score (nSPS) is 19.2. The largest absolute Gasteiger partial charge is 0.454 e. The summed E-state index contributed by atoms with van der Waals surface area (Å²) in [5, 5.41) is 8.56. The molecular formula is C24H27N3O2. The molecular weight excluding hydrogens is 362 g/mol. The zero-order valence-electron chi connectivity index (χ0n) is 17.2. The van der Waals surface area contributed by atoms with E-state index in [1.807, 2.05) is 18.3 Å². The summed E-state index contributed by atoms with van der Waals surface area (Å²) >= 11 is 0. The predicted octanol–water partition coefficient (Wildman–Crippen LogP) is 4.71. The van der Waals surface area contributed by atoms with Crippen LogP contribution < -0.4 is 14.8 Å². The Hall–Kier alpha value is -2.79. The van der Waals surface area contributed by atoms with Crippen LogP contribution in [0.25, 0.3) is 5.69 Å². The number of nitrogens with zero attached hydrogens (tertiary/aromatic N) is 2. The summed E-state index contributed by atoms with van der Waals surface area (Å²) in [6.07, 6.45) is 4.14. The molecule has 29 heavy (non-hydrogen) atoms.